The Hall–Kier alpha value is -13.7. The number of dihydropyridines is 1. The fourth-order valence-corrected chi connectivity index (χ4v) is 16.2. The zero-order valence-electron chi connectivity index (χ0n) is 67.1. The maximum absolute atomic E-state index is 11.1. The SMILES string of the molecule is C=C/C(O)=C\C=C\C1Nc2ccc3[nH]nc(-c4nn[nH]n4)c3c2C2=C1CCCC2.C=CC(O)C/C=C/C1C=C(CCCC)C(C2C(c3cn(CCO)nn3)=NNC2C=C)=CN1.C=Cc1[nH]nc(C#N)c1-c1cnc(C2=CCC(O)C=C2)cc1CCCC.O=C(O)CN1C=C(c2n[nH]c3ccc4nc(-c5ccc(O)cc5)c5c(c4c23)CCCC5)NN1. The van der Waals surface area contributed by atoms with Crippen molar-refractivity contribution in [1.82, 2.24) is 103 Å². The largest absolute Gasteiger partial charge is 0.508 e. The van der Waals surface area contributed by atoms with Crippen LogP contribution < -0.4 is 27.0 Å². The van der Waals surface area contributed by atoms with E-state index in [-0.39, 0.29) is 48.7 Å². The number of hydrazine groups is 2. The molecular formula is C90H99N23O7. The second-order valence-electron chi connectivity index (χ2n) is 30.0. The van der Waals surface area contributed by atoms with Gasteiger partial charge < -0.3 is 52.1 Å². The molecule has 0 radical (unpaired) electrons. The number of anilines is 1. The Bertz CT molecular complexity index is 5840. The Balaban J connectivity index is 0.000000132. The number of H-pyrrole nitrogens is 4. The van der Waals surface area contributed by atoms with Gasteiger partial charge in [-0.15, -0.1) is 34.0 Å². The van der Waals surface area contributed by atoms with Crippen molar-refractivity contribution in [3.8, 4) is 45.7 Å². The molecule has 30 nitrogen and oxygen atoms in total. The van der Waals surface area contributed by atoms with Gasteiger partial charge in [0, 0.05) is 62.7 Å². The molecule has 17 rings (SSSR count). The Labute approximate surface area is 693 Å². The minimum absolute atomic E-state index is 0.00392. The molecule has 6 atom stereocenters. The van der Waals surface area contributed by atoms with E-state index in [4.69, 9.17) is 10.1 Å². The highest BCUT2D eigenvalue weighted by Gasteiger charge is 2.38. The quantitative estimate of drug-likeness (QED) is 0.0136. The highest BCUT2D eigenvalue weighted by molar-refractivity contribution is 6.12. The zero-order chi connectivity index (χ0) is 83.8. The number of carboxylic acids is 1. The molecule has 10 aromatic rings. The highest BCUT2D eigenvalue weighted by atomic mass is 16.4. The number of aliphatic carboxylic acids is 1. The number of unbranched alkanes of at least 4 members (excludes halogenated alkanes) is 2. The van der Waals surface area contributed by atoms with Crippen LogP contribution in [0.3, 0.4) is 0 Å². The van der Waals surface area contributed by atoms with Gasteiger partial charge in [0.2, 0.25) is 5.82 Å². The van der Waals surface area contributed by atoms with Crippen molar-refractivity contribution < 1.29 is 35.4 Å². The number of phenols is 1. The van der Waals surface area contributed by atoms with Gasteiger partial charge in [-0.05, 0) is 212 Å². The fourth-order valence-electron chi connectivity index (χ4n) is 16.2. The van der Waals surface area contributed by atoms with E-state index in [1.165, 1.54) is 56.5 Å². The van der Waals surface area contributed by atoms with Crippen LogP contribution >= 0.6 is 0 Å². The van der Waals surface area contributed by atoms with E-state index in [0.717, 1.165) is 178 Å². The molecule has 0 spiro atoms. The van der Waals surface area contributed by atoms with Crippen LogP contribution in [0.5, 0.6) is 5.75 Å². The lowest BCUT2D eigenvalue weighted by atomic mass is 9.79. The number of aromatic amines is 4. The van der Waals surface area contributed by atoms with Gasteiger partial charge in [-0.1, -0.05) is 106 Å². The molecule has 7 aliphatic rings. The zero-order valence-corrected chi connectivity index (χ0v) is 67.1. The Kier molecular flexibility index (Phi) is 26.6. The number of pyridine rings is 2. The number of aliphatic hydroxyl groups is 4. The Morgan fingerprint density at radius 3 is 2.37 bits per heavy atom. The average Bonchev–Trinajstić information content (AvgIpc) is 1.46. The van der Waals surface area contributed by atoms with Crippen LogP contribution in [0.15, 0.2) is 206 Å². The lowest BCUT2D eigenvalue weighted by molar-refractivity contribution is -0.138. The average molecular weight is 1610 g/mol. The van der Waals surface area contributed by atoms with Gasteiger partial charge >= 0.3 is 5.97 Å². The van der Waals surface area contributed by atoms with Crippen molar-refractivity contribution in [1.29, 1.82) is 5.26 Å². The van der Waals surface area contributed by atoms with E-state index < -0.39 is 18.2 Å². The number of nitriles is 1. The van der Waals surface area contributed by atoms with E-state index in [2.05, 4.69) is 181 Å². The predicted octanol–water partition coefficient (Wildman–Crippen LogP) is 13.4. The molecule has 0 saturated heterocycles. The van der Waals surface area contributed by atoms with Crippen LogP contribution in [0.2, 0.25) is 0 Å². The number of nitrogens with one attached hydrogen (secondary N) is 9. The molecule has 120 heavy (non-hydrogen) atoms. The molecule has 0 amide bonds. The van der Waals surface area contributed by atoms with Gasteiger partial charge in [0.15, 0.2) is 5.69 Å². The van der Waals surface area contributed by atoms with Gasteiger partial charge in [-0.3, -0.25) is 30.1 Å². The number of rotatable bonds is 26. The number of tetrazole rings is 1. The van der Waals surface area contributed by atoms with Crippen LogP contribution in [-0.2, 0) is 30.6 Å². The van der Waals surface area contributed by atoms with Gasteiger partial charge in [0.05, 0.1) is 101 Å². The summed E-state index contributed by atoms with van der Waals surface area (Å²) in [5.74, 6) is -0.107. The molecule has 616 valence electrons. The number of carboxylic acid groups (broad SMARTS) is 1. The van der Waals surface area contributed by atoms with Crippen molar-refractivity contribution in [3.63, 3.8) is 0 Å². The molecular weight excluding hydrogens is 1520 g/mol. The van der Waals surface area contributed by atoms with Crippen molar-refractivity contribution in [2.24, 2.45) is 11.0 Å². The first-order valence-electron chi connectivity index (χ1n) is 40.7. The summed E-state index contributed by atoms with van der Waals surface area (Å²) < 4.78 is 1.62. The minimum atomic E-state index is -0.931. The monoisotopic (exact) mass is 1610 g/mol. The van der Waals surface area contributed by atoms with Crippen LogP contribution in [0, 0.1) is 17.2 Å². The van der Waals surface area contributed by atoms with Gasteiger partial charge in [0.25, 0.3) is 0 Å². The maximum atomic E-state index is 11.1. The Morgan fingerprint density at radius 2 is 1.62 bits per heavy atom. The van der Waals surface area contributed by atoms with E-state index >= 15 is 0 Å². The number of phenolic OH excluding ortho intramolecular Hbond substituents is 1. The summed E-state index contributed by atoms with van der Waals surface area (Å²) in [5, 5.41) is 128. The third kappa shape index (κ3) is 18.3. The molecule has 11 heterocycles. The number of hydrogen-bond acceptors (Lipinski definition) is 24. The van der Waals surface area contributed by atoms with E-state index in [1.54, 1.807) is 47.3 Å². The van der Waals surface area contributed by atoms with Crippen molar-refractivity contribution in [3.05, 3.63) is 252 Å². The molecule has 3 aliphatic carbocycles. The van der Waals surface area contributed by atoms with Crippen molar-refractivity contribution in [2.45, 2.75) is 153 Å². The molecule has 15 N–H and O–H groups in total. The predicted molar refractivity (Wildman–Crippen MR) is 466 cm³/mol. The summed E-state index contributed by atoms with van der Waals surface area (Å²) in [6.45, 7) is 19.6. The minimum Gasteiger partial charge on any atom is -0.508 e. The molecule has 30 heteroatoms. The second kappa shape index (κ2) is 38.6. The van der Waals surface area contributed by atoms with E-state index in [1.807, 2.05) is 73.1 Å². The summed E-state index contributed by atoms with van der Waals surface area (Å²) in [4.78, 5) is 20.8. The fraction of sp³-hybridized carbons (Fsp3) is 0.300. The molecule has 0 fully saturated rings. The van der Waals surface area contributed by atoms with Gasteiger partial charge in [-0.25, -0.2) is 9.67 Å². The molecule has 0 saturated carbocycles. The van der Waals surface area contributed by atoms with Crippen molar-refractivity contribution in [2.75, 3.05) is 18.5 Å². The number of aryl methyl sites for hydroxylation is 2. The first kappa shape index (κ1) is 82.8. The van der Waals surface area contributed by atoms with Crippen LogP contribution in [0.1, 0.15) is 148 Å². The summed E-state index contributed by atoms with van der Waals surface area (Å²) in [5.41, 5.74) is 33.2. The third-order valence-electron chi connectivity index (χ3n) is 22.1. The van der Waals surface area contributed by atoms with Crippen LogP contribution in [0.4, 0.5) is 5.69 Å². The number of carbonyl (C=O) groups is 1. The molecule has 0 bridgehead atoms. The van der Waals surface area contributed by atoms with Crippen molar-refractivity contribution >= 4 is 73.0 Å². The molecule has 3 aromatic carbocycles. The summed E-state index contributed by atoms with van der Waals surface area (Å²) >= 11 is 0. The van der Waals surface area contributed by atoms with Crippen LogP contribution in [-0.4, -0.2) is 167 Å². The number of aliphatic hydroxyl groups excluding tert-OH is 4. The normalized spacial score (nSPS) is 18.8. The maximum Gasteiger partial charge on any atom is 0.324 e. The highest BCUT2D eigenvalue weighted by Crippen LogP contribution is 2.48. The molecule has 4 aliphatic heterocycles. The standard InChI is InChI=1S/C24H22N6O3.C24H34N6O2.C21H21N7O.C21H22N4O/c31-14-7-5-13(6-8-14)23-16-4-2-1-3-15(16)21-17(25-23)9-10-18-22(21)24(28-26-18)19-11-30(29-27-19)12-20(32)33;1-4-7-9-17-14-18(10-8-11-19(32)5-2)25-15-20(17)23-21(6-3)26-28-24(23)22-16-30(12-13-31)29-27-22;1-2-12(29)6-5-9-15-13-7-3-4-8-14(13)18-16(22-15)10-11-17-19(18)20(24-23-17)21-25-27-28-26-21;1-3-5-6-15-11-19(14-7-9-16(26)10-8-14)23-13-17(15)21-18(4-2)24-25-20(21)12-22/h5-11,27,29,31H,1-4,12H2,(H,26,28)(H,32,33);5-6,8,10,14-16,18-19,21,23,25-26,31-32H,2-4,7,9,11-13H2,1H3;2,5-6,9-11,15,22,29H,1,3-4,7-8H2,(H,23,24)(H,25,26,27,28);4,7-9,11,13,16,26H,2-3,5-6,10H2,1H3,(H,24,25)/b;10-8+;9-5+,12-6+;. The lowest BCUT2D eigenvalue weighted by Gasteiger charge is -2.34. The van der Waals surface area contributed by atoms with Crippen LogP contribution in [0.25, 0.3) is 89.5 Å². The number of aromatic hydroxyl groups is 1. The van der Waals surface area contributed by atoms with E-state index in [9.17, 15) is 35.6 Å². The third-order valence-corrected chi connectivity index (χ3v) is 22.1. The number of hydrazone groups is 1. The lowest BCUT2D eigenvalue weighted by Crippen LogP contribution is -2.39. The smallest absolute Gasteiger partial charge is 0.324 e. The first-order chi connectivity index (χ1) is 58.6. The number of benzene rings is 3. The molecule has 6 unspecified atom stereocenters. The summed E-state index contributed by atoms with van der Waals surface area (Å²) in [6.07, 6.45) is 46.5. The van der Waals surface area contributed by atoms with Gasteiger partial charge in [0.1, 0.15) is 41.2 Å². The summed E-state index contributed by atoms with van der Waals surface area (Å²) in [6, 6.07) is 19.7. The molecule has 7 aromatic heterocycles. The summed E-state index contributed by atoms with van der Waals surface area (Å²) in [7, 11) is 0. The topological polar surface area (TPSA) is 435 Å². The number of nitrogens with zero attached hydrogens (tertiary/aromatic N) is 14. The van der Waals surface area contributed by atoms with Gasteiger partial charge in [-0.2, -0.15) is 30.9 Å². The Morgan fingerprint density at radius 1 is 0.842 bits per heavy atom. The first-order valence-corrected chi connectivity index (χ1v) is 40.7. The number of aromatic nitrogens is 15. The number of allylic oxidation sites excluding steroid dienone is 7. The van der Waals surface area contributed by atoms with E-state index in [0.29, 0.717) is 48.0 Å². The second-order valence-corrected chi connectivity index (χ2v) is 30.0. The number of fused-ring (bicyclic) bond motifs is 9. The number of hydrogen-bond donors (Lipinski definition) is 15.